The van der Waals surface area contributed by atoms with E-state index in [0.717, 1.165) is 0 Å². The molecule has 138 valence electrons. The Morgan fingerprint density at radius 1 is 0.379 bits per heavy atom. The topological polar surface area (TPSA) is 0 Å². The van der Waals surface area contributed by atoms with Gasteiger partial charge in [0, 0.05) is 0 Å². The highest BCUT2D eigenvalue weighted by Gasteiger charge is 2.14. The number of hydrogen-bond donors (Lipinski definition) is 0. The Kier molecular flexibility index (Phi) is 3.77. The molecule has 2 aliphatic carbocycles. The van der Waals surface area contributed by atoms with Crippen LogP contribution < -0.4 is 0 Å². The number of hydrogen-bond acceptors (Lipinski definition) is 0. The summed E-state index contributed by atoms with van der Waals surface area (Å²) < 4.78 is 0. The molecule has 0 unspecified atom stereocenters. The highest BCUT2D eigenvalue weighted by atomic mass is 14.2. The van der Waals surface area contributed by atoms with Gasteiger partial charge in [0.1, 0.15) is 0 Å². The Hall–Kier alpha value is -3.38. The van der Waals surface area contributed by atoms with E-state index in [1.54, 1.807) is 11.1 Å². The molecular weight excluding hydrogens is 348 g/mol. The third-order valence-corrected chi connectivity index (χ3v) is 6.30. The fraction of sp³-hybridized carbons (Fsp3) is 0.103. The maximum Gasteiger partial charge on any atom is -0.0102 e. The third kappa shape index (κ3) is 3.02. The predicted molar refractivity (Wildman–Crippen MR) is 126 cm³/mol. The number of rotatable bonds is 0. The number of allylic oxidation sites excluding steroid dienone is 4. The quantitative estimate of drug-likeness (QED) is 0.240. The molecule has 7 rings (SSSR count). The molecule has 2 bridgehead atoms. The second-order valence-electron chi connectivity index (χ2n) is 8.27. The molecule has 29 heavy (non-hydrogen) atoms. The van der Waals surface area contributed by atoms with Crippen LogP contribution in [0.1, 0.15) is 19.3 Å². The molecule has 0 saturated heterocycles. The van der Waals surface area contributed by atoms with Crippen LogP contribution in [0.3, 0.4) is 0 Å². The SMILES string of the molecule is C1=C2CCC(=C1)C2.c1ccc2cc3cc4cc5ccccc5cc4cc3cc2c1. The highest BCUT2D eigenvalue weighted by molar-refractivity contribution is 6.08. The molecule has 0 atom stereocenters. The van der Waals surface area contributed by atoms with Crippen LogP contribution in [0.4, 0.5) is 0 Å². The molecule has 1 saturated carbocycles. The van der Waals surface area contributed by atoms with Crippen molar-refractivity contribution in [3.05, 3.63) is 108 Å². The van der Waals surface area contributed by atoms with Gasteiger partial charge in [-0.15, -0.1) is 0 Å². The predicted octanol–water partition coefficient (Wildman–Crippen LogP) is 8.34. The molecule has 0 radical (unpaired) electrons. The van der Waals surface area contributed by atoms with Gasteiger partial charge in [0.2, 0.25) is 0 Å². The first kappa shape index (κ1) is 16.6. The van der Waals surface area contributed by atoms with E-state index in [0.29, 0.717) is 0 Å². The van der Waals surface area contributed by atoms with Gasteiger partial charge in [0.15, 0.2) is 0 Å². The molecule has 0 spiro atoms. The van der Waals surface area contributed by atoms with Crippen molar-refractivity contribution in [2.45, 2.75) is 19.3 Å². The molecular formula is C29H22. The second-order valence-corrected chi connectivity index (χ2v) is 8.27. The van der Waals surface area contributed by atoms with Crippen molar-refractivity contribution >= 4 is 43.1 Å². The minimum absolute atomic E-state index is 1.30. The summed E-state index contributed by atoms with van der Waals surface area (Å²) in [5, 5.41) is 10.4. The Labute approximate surface area is 170 Å². The average Bonchev–Trinajstić information content (AvgIpc) is 3.41. The standard InChI is InChI=1S/C22H14.C7H8/c1-2-6-16-10-20-14-22-12-18-8-4-3-7-17(18)11-21(22)13-19(20)9-15(16)5-1;1-2-7-4-3-6(1)5-7/h1-14H;1-2H,3-5H2. The van der Waals surface area contributed by atoms with Gasteiger partial charge in [0.25, 0.3) is 0 Å². The molecule has 5 aromatic rings. The molecule has 0 N–H and O–H groups in total. The van der Waals surface area contributed by atoms with E-state index in [4.69, 9.17) is 0 Å². The normalized spacial score (nSPS) is 14.9. The molecule has 0 nitrogen and oxygen atoms in total. The summed E-state index contributed by atoms with van der Waals surface area (Å²) in [6.07, 6.45) is 8.54. The lowest BCUT2D eigenvalue weighted by Crippen LogP contribution is -1.80. The van der Waals surface area contributed by atoms with Gasteiger partial charge < -0.3 is 0 Å². The summed E-state index contributed by atoms with van der Waals surface area (Å²) in [6, 6.07) is 30.9. The summed E-state index contributed by atoms with van der Waals surface area (Å²) in [4.78, 5) is 0. The van der Waals surface area contributed by atoms with Gasteiger partial charge in [-0.25, -0.2) is 0 Å². The summed E-state index contributed by atoms with van der Waals surface area (Å²) in [7, 11) is 0. The van der Waals surface area contributed by atoms with E-state index in [2.05, 4.69) is 97.1 Å². The summed E-state index contributed by atoms with van der Waals surface area (Å²) >= 11 is 0. The maximum absolute atomic E-state index is 2.31. The van der Waals surface area contributed by atoms with E-state index in [-0.39, 0.29) is 0 Å². The monoisotopic (exact) mass is 370 g/mol. The molecule has 0 heteroatoms. The lowest BCUT2D eigenvalue weighted by molar-refractivity contribution is 1.04. The van der Waals surface area contributed by atoms with E-state index in [1.807, 2.05) is 0 Å². The van der Waals surface area contributed by atoms with E-state index in [9.17, 15) is 0 Å². The van der Waals surface area contributed by atoms with Crippen molar-refractivity contribution in [3.8, 4) is 0 Å². The van der Waals surface area contributed by atoms with Crippen LogP contribution in [-0.2, 0) is 0 Å². The fourth-order valence-electron chi connectivity index (χ4n) is 4.70. The van der Waals surface area contributed by atoms with Gasteiger partial charge >= 0.3 is 0 Å². The van der Waals surface area contributed by atoms with Crippen molar-refractivity contribution in [2.75, 3.05) is 0 Å². The first-order chi connectivity index (χ1) is 14.3. The van der Waals surface area contributed by atoms with Gasteiger partial charge in [-0.3, -0.25) is 0 Å². The van der Waals surface area contributed by atoms with Gasteiger partial charge in [-0.1, -0.05) is 71.8 Å². The highest BCUT2D eigenvalue weighted by Crippen LogP contribution is 2.34. The van der Waals surface area contributed by atoms with E-state index < -0.39 is 0 Å². The zero-order valence-corrected chi connectivity index (χ0v) is 16.4. The van der Waals surface area contributed by atoms with Crippen molar-refractivity contribution < 1.29 is 0 Å². The molecule has 1 fully saturated rings. The third-order valence-electron chi connectivity index (χ3n) is 6.30. The van der Waals surface area contributed by atoms with E-state index in [1.165, 1.54) is 62.4 Å². The zero-order chi connectivity index (χ0) is 19.2. The summed E-state index contributed by atoms with van der Waals surface area (Å²) in [5.74, 6) is 0. The minimum atomic E-state index is 1.30. The summed E-state index contributed by atoms with van der Waals surface area (Å²) in [6.45, 7) is 0. The molecule has 5 aromatic carbocycles. The molecule has 0 aromatic heterocycles. The lowest BCUT2D eigenvalue weighted by atomic mass is 9.97. The average molecular weight is 370 g/mol. The van der Waals surface area contributed by atoms with E-state index >= 15 is 0 Å². The van der Waals surface area contributed by atoms with Gasteiger partial charge in [0.05, 0.1) is 0 Å². The fourth-order valence-corrected chi connectivity index (χ4v) is 4.70. The van der Waals surface area contributed by atoms with Crippen LogP contribution >= 0.6 is 0 Å². The van der Waals surface area contributed by atoms with Crippen LogP contribution in [0.15, 0.2) is 108 Å². The first-order valence-corrected chi connectivity index (χ1v) is 10.4. The lowest BCUT2D eigenvalue weighted by Gasteiger charge is -2.07. The number of fused-ring (bicyclic) bond motifs is 6. The van der Waals surface area contributed by atoms with Crippen LogP contribution in [0, 0.1) is 0 Å². The van der Waals surface area contributed by atoms with Crippen LogP contribution in [0.5, 0.6) is 0 Å². The van der Waals surface area contributed by atoms with Gasteiger partial charge in [-0.05, 0) is 98.8 Å². The zero-order valence-electron chi connectivity index (χ0n) is 16.4. The van der Waals surface area contributed by atoms with Crippen molar-refractivity contribution in [1.82, 2.24) is 0 Å². The first-order valence-electron chi connectivity index (χ1n) is 10.4. The van der Waals surface area contributed by atoms with Crippen molar-refractivity contribution in [1.29, 1.82) is 0 Å². The number of benzene rings is 5. The summed E-state index contributed by atoms with van der Waals surface area (Å²) in [5.41, 5.74) is 3.30. The van der Waals surface area contributed by atoms with Crippen molar-refractivity contribution in [3.63, 3.8) is 0 Å². The van der Waals surface area contributed by atoms with Crippen molar-refractivity contribution in [2.24, 2.45) is 0 Å². The largest absolute Gasteiger partial charge is 0.0658 e. The second kappa shape index (κ2) is 6.60. The molecule has 2 aliphatic rings. The van der Waals surface area contributed by atoms with Crippen LogP contribution in [-0.4, -0.2) is 0 Å². The Bertz CT molecular complexity index is 1260. The molecule has 0 amide bonds. The van der Waals surface area contributed by atoms with Gasteiger partial charge in [-0.2, -0.15) is 0 Å². The van der Waals surface area contributed by atoms with Crippen LogP contribution in [0.25, 0.3) is 43.1 Å². The molecule has 0 aliphatic heterocycles. The maximum atomic E-state index is 2.31. The van der Waals surface area contributed by atoms with Crippen LogP contribution in [0.2, 0.25) is 0 Å². The minimum Gasteiger partial charge on any atom is -0.0658 e. The Morgan fingerprint density at radius 2 is 0.690 bits per heavy atom. The molecule has 0 heterocycles. The smallest absolute Gasteiger partial charge is 0.0102 e. The Morgan fingerprint density at radius 3 is 0.931 bits per heavy atom. The Balaban J connectivity index is 0.000000198.